The molecule has 0 bridgehead atoms. The summed E-state index contributed by atoms with van der Waals surface area (Å²) >= 11 is 2.34. The summed E-state index contributed by atoms with van der Waals surface area (Å²) < 4.78 is 23.1. The third-order valence-electron chi connectivity index (χ3n) is 6.08. The molecule has 1 heterocycles. The van der Waals surface area contributed by atoms with Crippen LogP contribution in [0.15, 0.2) is 22.8 Å². The number of pyridine rings is 1. The fraction of sp³-hybridized carbons (Fsp3) is 0.762. The average molecular weight is 490 g/mol. The first-order valence-electron chi connectivity index (χ1n) is 10.1. The van der Waals surface area contributed by atoms with E-state index in [1.54, 1.807) is 0 Å². The standard InChI is InChI=1S/C21H37BrN2O2SSi/c1-20(2,3)27(25)24-19(17-10-9-11-18(22)23-17)16-12-15(13-16)14-26-28(7,8)21(4,5)6/h9-11,15-16,19,24H,12-14H2,1-8H3/t15?,16?,19?,27-/m1/s1. The van der Waals surface area contributed by atoms with Gasteiger partial charge in [0.2, 0.25) is 0 Å². The Morgan fingerprint density at radius 2 is 1.86 bits per heavy atom. The lowest BCUT2D eigenvalue weighted by atomic mass is 9.71. The van der Waals surface area contributed by atoms with Gasteiger partial charge < -0.3 is 8.98 Å². The number of aromatic nitrogens is 1. The van der Waals surface area contributed by atoms with Crippen LogP contribution in [0.5, 0.6) is 0 Å². The summed E-state index contributed by atoms with van der Waals surface area (Å²) in [5, 5.41) is 0.240. The van der Waals surface area contributed by atoms with Crippen molar-refractivity contribution in [3.63, 3.8) is 0 Å². The molecule has 0 spiro atoms. The van der Waals surface area contributed by atoms with Crippen molar-refractivity contribution in [2.75, 3.05) is 6.61 Å². The molecule has 1 N–H and O–H groups in total. The van der Waals surface area contributed by atoms with Crippen molar-refractivity contribution >= 4 is 35.6 Å². The first-order valence-corrected chi connectivity index (χ1v) is 15.0. The maximum Gasteiger partial charge on any atom is 0.191 e. The molecule has 28 heavy (non-hydrogen) atoms. The molecule has 1 aliphatic carbocycles. The van der Waals surface area contributed by atoms with E-state index >= 15 is 0 Å². The van der Waals surface area contributed by atoms with Crippen LogP contribution in [-0.2, 0) is 15.8 Å². The molecule has 0 radical (unpaired) electrons. The molecular weight excluding hydrogens is 452 g/mol. The minimum Gasteiger partial charge on any atom is -0.598 e. The maximum atomic E-state index is 12.8. The molecule has 0 aliphatic heterocycles. The molecule has 7 heteroatoms. The summed E-state index contributed by atoms with van der Waals surface area (Å²) in [6.07, 6.45) is 2.17. The second kappa shape index (κ2) is 9.06. The van der Waals surface area contributed by atoms with Crippen molar-refractivity contribution in [1.29, 1.82) is 0 Å². The minimum atomic E-state index is -1.70. The largest absolute Gasteiger partial charge is 0.598 e. The van der Waals surface area contributed by atoms with E-state index in [-0.39, 0.29) is 15.8 Å². The molecule has 0 aromatic carbocycles. The summed E-state index contributed by atoms with van der Waals surface area (Å²) in [5.41, 5.74) is 0.959. The molecule has 160 valence electrons. The molecule has 1 aromatic rings. The first kappa shape index (κ1) is 24.3. The lowest BCUT2D eigenvalue weighted by Crippen LogP contribution is -2.47. The van der Waals surface area contributed by atoms with Gasteiger partial charge in [-0.2, -0.15) is 0 Å². The second-order valence-electron chi connectivity index (χ2n) is 10.5. The summed E-state index contributed by atoms with van der Waals surface area (Å²) in [5.74, 6) is 1.01. The Hall–Kier alpha value is 0.0769. The molecule has 0 saturated heterocycles. The third-order valence-corrected chi connectivity index (χ3v) is 12.6. The third kappa shape index (κ3) is 6.29. The monoisotopic (exact) mass is 488 g/mol. The molecule has 1 unspecified atom stereocenters. The molecule has 1 fully saturated rings. The van der Waals surface area contributed by atoms with E-state index in [4.69, 9.17) is 4.43 Å². The van der Waals surface area contributed by atoms with Gasteiger partial charge in [0.15, 0.2) is 8.32 Å². The smallest absolute Gasteiger partial charge is 0.191 e. The fourth-order valence-electron chi connectivity index (χ4n) is 3.03. The Bertz CT molecular complexity index is 655. The van der Waals surface area contributed by atoms with Crippen LogP contribution >= 0.6 is 15.9 Å². The predicted molar refractivity (Wildman–Crippen MR) is 125 cm³/mol. The van der Waals surface area contributed by atoms with Crippen LogP contribution in [0.2, 0.25) is 18.1 Å². The van der Waals surface area contributed by atoms with Crippen LogP contribution in [0.25, 0.3) is 0 Å². The van der Waals surface area contributed by atoms with E-state index in [2.05, 4.69) is 59.5 Å². The van der Waals surface area contributed by atoms with Crippen LogP contribution in [-0.4, -0.2) is 29.2 Å². The minimum absolute atomic E-state index is 0.00156. The molecule has 1 aliphatic rings. The zero-order valence-corrected chi connectivity index (χ0v) is 22.0. The molecule has 1 aromatic heterocycles. The summed E-state index contributed by atoms with van der Waals surface area (Å²) in [4.78, 5) is 4.65. The van der Waals surface area contributed by atoms with Crippen molar-refractivity contribution in [2.45, 2.75) is 83.3 Å². The maximum absolute atomic E-state index is 12.8. The highest BCUT2D eigenvalue weighted by Crippen LogP contribution is 2.44. The highest BCUT2D eigenvalue weighted by Gasteiger charge is 2.43. The zero-order chi connectivity index (χ0) is 21.3. The van der Waals surface area contributed by atoms with Gasteiger partial charge >= 0.3 is 0 Å². The zero-order valence-electron chi connectivity index (χ0n) is 18.6. The number of rotatable bonds is 7. The van der Waals surface area contributed by atoms with Gasteiger partial charge in [-0.15, -0.1) is 4.72 Å². The van der Waals surface area contributed by atoms with Crippen molar-refractivity contribution in [2.24, 2.45) is 11.8 Å². The van der Waals surface area contributed by atoms with E-state index < -0.39 is 19.7 Å². The van der Waals surface area contributed by atoms with Crippen LogP contribution in [0.1, 0.15) is 66.1 Å². The lowest BCUT2D eigenvalue weighted by molar-refractivity contribution is 0.0907. The predicted octanol–water partition coefficient (Wildman–Crippen LogP) is 5.99. The van der Waals surface area contributed by atoms with E-state index in [1.165, 1.54) is 0 Å². The number of nitrogens with one attached hydrogen (secondary N) is 1. The Kier molecular flexibility index (Phi) is 7.88. The van der Waals surface area contributed by atoms with Gasteiger partial charge in [0.1, 0.15) is 9.35 Å². The fourth-order valence-corrected chi connectivity index (χ4v) is 5.37. The van der Waals surface area contributed by atoms with Crippen molar-refractivity contribution in [1.82, 2.24) is 9.71 Å². The van der Waals surface area contributed by atoms with Crippen molar-refractivity contribution < 1.29 is 8.98 Å². The Balaban J connectivity index is 2.02. The normalized spacial score (nSPS) is 23.2. The van der Waals surface area contributed by atoms with Crippen molar-refractivity contribution in [3.05, 3.63) is 28.5 Å². The van der Waals surface area contributed by atoms with Gasteiger partial charge in [-0.3, -0.25) is 0 Å². The molecule has 2 atom stereocenters. The Morgan fingerprint density at radius 1 is 1.25 bits per heavy atom. The van der Waals surface area contributed by atoms with Gasteiger partial charge in [-0.25, -0.2) is 4.98 Å². The van der Waals surface area contributed by atoms with E-state index in [0.717, 1.165) is 29.7 Å². The number of halogens is 1. The van der Waals surface area contributed by atoms with Gasteiger partial charge in [-0.05, 0) is 91.6 Å². The highest BCUT2D eigenvalue weighted by molar-refractivity contribution is 9.10. The molecule has 4 nitrogen and oxygen atoms in total. The van der Waals surface area contributed by atoms with Crippen LogP contribution < -0.4 is 4.72 Å². The number of nitrogens with zero attached hydrogens (tertiary/aromatic N) is 1. The van der Waals surface area contributed by atoms with Gasteiger partial charge in [0.05, 0.1) is 11.7 Å². The first-order chi connectivity index (χ1) is 12.7. The quantitative estimate of drug-likeness (QED) is 0.291. The Labute approximate surface area is 184 Å². The van der Waals surface area contributed by atoms with Gasteiger partial charge in [-0.1, -0.05) is 26.8 Å². The van der Waals surface area contributed by atoms with Crippen LogP contribution in [0, 0.1) is 11.8 Å². The van der Waals surface area contributed by atoms with Crippen molar-refractivity contribution in [3.8, 4) is 0 Å². The summed E-state index contributed by atoms with van der Waals surface area (Å²) in [6.45, 7) is 18.3. The molecule has 0 amide bonds. The van der Waals surface area contributed by atoms with Gasteiger partial charge in [0.25, 0.3) is 0 Å². The average Bonchev–Trinajstić information content (AvgIpc) is 2.49. The van der Waals surface area contributed by atoms with Crippen LogP contribution in [0.3, 0.4) is 0 Å². The Morgan fingerprint density at radius 3 is 2.36 bits per heavy atom. The topological polar surface area (TPSA) is 57.2 Å². The molecule has 2 rings (SSSR count). The summed E-state index contributed by atoms with van der Waals surface area (Å²) in [7, 11) is -1.70. The number of hydrogen-bond donors (Lipinski definition) is 1. The van der Waals surface area contributed by atoms with E-state index in [0.29, 0.717) is 11.8 Å². The van der Waals surface area contributed by atoms with E-state index in [9.17, 15) is 4.55 Å². The SMILES string of the molecule is CC(C)(C)[S@@+]([O-])NC(c1cccc(Br)n1)C1CC(CO[Si](C)(C)C(C)(C)C)C1. The molecular formula is C21H37BrN2O2SSi. The summed E-state index contributed by atoms with van der Waals surface area (Å²) in [6, 6.07) is 5.96. The second-order valence-corrected chi connectivity index (χ2v) is 18.2. The number of hydrogen-bond acceptors (Lipinski definition) is 4. The lowest BCUT2D eigenvalue weighted by Gasteiger charge is -2.43. The van der Waals surface area contributed by atoms with Gasteiger partial charge in [0, 0.05) is 18.0 Å². The molecule has 1 saturated carbocycles. The van der Waals surface area contributed by atoms with E-state index in [1.807, 2.05) is 39.0 Å². The highest BCUT2D eigenvalue weighted by atomic mass is 79.9. The van der Waals surface area contributed by atoms with Crippen LogP contribution in [0.4, 0.5) is 0 Å².